The zero-order valence-corrected chi connectivity index (χ0v) is 28.6. The van der Waals surface area contributed by atoms with E-state index in [0.717, 1.165) is 0 Å². The molecule has 7 amide bonds. The lowest BCUT2D eigenvalue weighted by Crippen LogP contribution is -2.60. The summed E-state index contributed by atoms with van der Waals surface area (Å²) in [5, 5.41) is 51.5. The van der Waals surface area contributed by atoms with Gasteiger partial charge >= 0.3 is 11.9 Å². The maximum Gasteiger partial charge on any atom is 0.326 e. The fourth-order valence-electron chi connectivity index (χ4n) is 4.16. The predicted molar refractivity (Wildman–Crippen MR) is 172 cm³/mol. The Hall–Kier alpha value is -4.89. The number of carboxylic acid groups (broad SMARTS) is 2. The van der Waals surface area contributed by atoms with Crippen LogP contribution in [-0.4, -0.2) is 129 Å². The number of carboxylic acids is 2. The van der Waals surface area contributed by atoms with E-state index in [1.54, 1.807) is 27.7 Å². The third-order valence-electron chi connectivity index (χ3n) is 7.11. The molecule has 0 aliphatic carbocycles. The van der Waals surface area contributed by atoms with Gasteiger partial charge in [0, 0.05) is 12.8 Å². The van der Waals surface area contributed by atoms with Crippen molar-refractivity contribution in [2.24, 2.45) is 23.3 Å². The summed E-state index contributed by atoms with van der Waals surface area (Å²) in [5.74, 6) is -10.3. The average Bonchev–Trinajstić information content (AvgIpc) is 3.01. The normalized spacial score (nSPS) is 15.2. The van der Waals surface area contributed by atoms with Crippen LogP contribution in [0.2, 0.25) is 0 Å². The number of nitrogens with one attached hydrogen (secondary N) is 6. The van der Waals surface area contributed by atoms with E-state index < -0.39 is 127 Å². The Labute approximate surface area is 288 Å². The second-order valence-electron chi connectivity index (χ2n) is 12.2. The highest BCUT2D eigenvalue weighted by Gasteiger charge is 2.34. The lowest BCUT2D eigenvalue weighted by atomic mass is 10.0. The molecule has 0 saturated carbocycles. The number of nitrogens with two attached hydrogens (primary N) is 2. The summed E-state index contributed by atoms with van der Waals surface area (Å²) in [7, 11) is 0. The molecule has 21 nitrogen and oxygen atoms in total. The maximum atomic E-state index is 13.0. The zero-order chi connectivity index (χ0) is 38.9. The van der Waals surface area contributed by atoms with Crippen LogP contribution in [0.5, 0.6) is 0 Å². The molecule has 14 N–H and O–H groups in total. The largest absolute Gasteiger partial charge is 0.481 e. The number of carbonyl (C=O) groups is 9. The molecule has 0 unspecified atom stereocenters. The van der Waals surface area contributed by atoms with Crippen molar-refractivity contribution in [1.29, 1.82) is 0 Å². The Bertz CT molecular complexity index is 1240. The van der Waals surface area contributed by atoms with Crippen molar-refractivity contribution in [1.82, 2.24) is 31.9 Å². The van der Waals surface area contributed by atoms with Crippen molar-refractivity contribution in [3.63, 3.8) is 0 Å². The molecule has 0 aliphatic heterocycles. The molecular formula is C29H50N8O13. The van der Waals surface area contributed by atoms with Gasteiger partial charge in [-0.3, -0.25) is 38.4 Å². The van der Waals surface area contributed by atoms with Crippen LogP contribution < -0.4 is 43.4 Å². The number of rotatable bonds is 23. The first-order valence-corrected chi connectivity index (χ1v) is 15.7. The van der Waals surface area contributed by atoms with E-state index in [-0.39, 0.29) is 19.3 Å². The summed E-state index contributed by atoms with van der Waals surface area (Å²) in [6.07, 6.45) is -2.81. The van der Waals surface area contributed by atoms with Gasteiger partial charge in [-0.15, -0.1) is 0 Å². The van der Waals surface area contributed by atoms with Crippen LogP contribution >= 0.6 is 0 Å². The second kappa shape index (κ2) is 22.0. The fraction of sp³-hybridized carbons (Fsp3) is 0.690. The number of hydrogen-bond acceptors (Lipinski definition) is 12. The van der Waals surface area contributed by atoms with Crippen LogP contribution in [0.4, 0.5) is 0 Å². The van der Waals surface area contributed by atoms with Crippen LogP contribution in [0, 0.1) is 11.8 Å². The summed E-state index contributed by atoms with van der Waals surface area (Å²) < 4.78 is 0. The minimum atomic E-state index is -1.64. The molecule has 0 aromatic rings. The first-order valence-electron chi connectivity index (χ1n) is 15.7. The molecule has 0 saturated heterocycles. The topological polar surface area (TPSA) is 359 Å². The number of aliphatic carboxylic acids is 2. The minimum absolute atomic E-state index is 0.238. The smallest absolute Gasteiger partial charge is 0.326 e. The first-order chi connectivity index (χ1) is 23.1. The van der Waals surface area contributed by atoms with E-state index in [0.29, 0.717) is 0 Å². The quantitative estimate of drug-likeness (QED) is 0.0470. The molecule has 21 heteroatoms. The van der Waals surface area contributed by atoms with Gasteiger partial charge in [0.05, 0.1) is 25.3 Å². The summed E-state index contributed by atoms with van der Waals surface area (Å²) in [6, 6.07) is -8.63. The van der Waals surface area contributed by atoms with Crippen molar-refractivity contribution in [3.8, 4) is 0 Å². The number of primary amides is 1. The van der Waals surface area contributed by atoms with E-state index in [1.165, 1.54) is 6.92 Å². The van der Waals surface area contributed by atoms with Crippen molar-refractivity contribution in [2.45, 2.75) is 103 Å². The molecule has 0 aliphatic rings. The SMILES string of the molecule is CC(C)[C@H](NC(=O)CNC(=O)[C@@H](NC(=O)[C@@H](NC(=O)[C@@H](N)CCC(=O)O)[C@@H](C)O)C(C)C)C(=O)N[C@@H](CO)C(=O)N[C@@H](CCC(N)=O)C(=O)O. The molecule has 0 spiro atoms. The summed E-state index contributed by atoms with van der Waals surface area (Å²) in [4.78, 5) is 110. The minimum Gasteiger partial charge on any atom is -0.481 e. The van der Waals surface area contributed by atoms with Crippen LogP contribution in [0.25, 0.3) is 0 Å². The highest BCUT2D eigenvalue weighted by atomic mass is 16.4. The number of amides is 7. The van der Waals surface area contributed by atoms with Gasteiger partial charge in [0.25, 0.3) is 0 Å². The van der Waals surface area contributed by atoms with Crippen LogP contribution in [0.3, 0.4) is 0 Å². The predicted octanol–water partition coefficient (Wildman–Crippen LogP) is -5.25. The van der Waals surface area contributed by atoms with Gasteiger partial charge in [0.1, 0.15) is 30.2 Å². The fourth-order valence-corrected chi connectivity index (χ4v) is 4.16. The maximum absolute atomic E-state index is 13.0. The van der Waals surface area contributed by atoms with E-state index in [9.17, 15) is 58.5 Å². The van der Waals surface area contributed by atoms with E-state index in [2.05, 4.69) is 31.9 Å². The van der Waals surface area contributed by atoms with E-state index in [1.807, 2.05) is 0 Å². The van der Waals surface area contributed by atoms with Crippen molar-refractivity contribution < 1.29 is 63.6 Å². The number of aliphatic hydroxyl groups is 2. The molecule has 284 valence electrons. The molecule has 0 fully saturated rings. The molecule has 7 atom stereocenters. The van der Waals surface area contributed by atoms with Crippen molar-refractivity contribution in [2.75, 3.05) is 13.2 Å². The Kier molecular flexibility index (Phi) is 19.8. The number of hydrogen-bond donors (Lipinski definition) is 12. The third-order valence-corrected chi connectivity index (χ3v) is 7.11. The third kappa shape index (κ3) is 16.5. The van der Waals surface area contributed by atoms with Crippen LogP contribution in [0.15, 0.2) is 0 Å². The first kappa shape index (κ1) is 45.1. The van der Waals surface area contributed by atoms with Gasteiger partial charge in [-0.2, -0.15) is 0 Å². The Morgan fingerprint density at radius 2 is 1.12 bits per heavy atom. The second-order valence-corrected chi connectivity index (χ2v) is 12.2. The van der Waals surface area contributed by atoms with Gasteiger partial charge in [0.15, 0.2) is 0 Å². The zero-order valence-electron chi connectivity index (χ0n) is 28.6. The molecule has 0 radical (unpaired) electrons. The van der Waals surface area contributed by atoms with E-state index in [4.69, 9.17) is 16.6 Å². The molecule has 0 bridgehead atoms. The summed E-state index contributed by atoms with van der Waals surface area (Å²) >= 11 is 0. The molecule has 0 heterocycles. The van der Waals surface area contributed by atoms with Crippen molar-refractivity contribution in [3.05, 3.63) is 0 Å². The van der Waals surface area contributed by atoms with Crippen LogP contribution in [0.1, 0.15) is 60.3 Å². The molecule has 0 aromatic heterocycles. The molecule has 0 rings (SSSR count). The van der Waals surface area contributed by atoms with Gasteiger partial charge in [-0.05, 0) is 31.6 Å². The number of aliphatic hydroxyl groups excluding tert-OH is 2. The Balaban J connectivity index is 5.44. The standard InChI is InChI=1S/C29H50N8O13/c1-12(2)21(36-28(48)23(14(5)39)37-24(44)15(30)6-9-20(42)43)26(46)32-10-19(41)35-22(13(3)4)27(47)34-17(11-38)25(45)33-16(29(49)50)7-8-18(31)40/h12-17,21-23,38-39H,6-11,30H2,1-5H3,(H2,31,40)(H,32,46)(H,33,45)(H,34,47)(H,35,41)(H,36,48)(H,37,44)(H,42,43)(H,49,50)/t14-,15+,16+,17+,21+,22+,23+/m1/s1. The van der Waals surface area contributed by atoms with Crippen LogP contribution in [-0.2, 0) is 43.2 Å². The Morgan fingerprint density at radius 3 is 1.58 bits per heavy atom. The molecule has 0 aromatic carbocycles. The van der Waals surface area contributed by atoms with Crippen molar-refractivity contribution >= 4 is 53.3 Å². The monoisotopic (exact) mass is 718 g/mol. The lowest BCUT2D eigenvalue weighted by Gasteiger charge is -2.27. The van der Waals surface area contributed by atoms with Gasteiger partial charge in [-0.1, -0.05) is 27.7 Å². The summed E-state index contributed by atoms with van der Waals surface area (Å²) in [5.41, 5.74) is 10.7. The van der Waals surface area contributed by atoms with Gasteiger partial charge < -0.3 is 63.8 Å². The van der Waals surface area contributed by atoms with Gasteiger partial charge in [-0.25, -0.2) is 4.79 Å². The Morgan fingerprint density at radius 1 is 0.620 bits per heavy atom. The summed E-state index contributed by atoms with van der Waals surface area (Å²) in [6.45, 7) is 5.76. The lowest BCUT2D eigenvalue weighted by molar-refractivity contribution is -0.143. The van der Waals surface area contributed by atoms with Gasteiger partial charge in [0.2, 0.25) is 41.4 Å². The highest BCUT2D eigenvalue weighted by molar-refractivity contribution is 5.96. The number of carbonyl (C=O) groups excluding carboxylic acids is 7. The molecule has 50 heavy (non-hydrogen) atoms. The highest BCUT2D eigenvalue weighted by Crippen LogP contribution is 2.06. The molecular weight excluding hydrogens is 668 g/mol. The van der Waals surface area contributed by atoms with E-state index >= 15 is 0 Å². The average molecular weight is 719 g/mol.